The molecule has 0 atom stereocenters. The van der Waals surface area contributed by atoms with Crippen molar-refractivity contribution >= 4 is 5.95 Å². The highest BCUT2D eigenvalue weighted by Crippen LogP contribution is 2.13. The normalized spacial score (nSPS) is 11.0. The second kappa shape index (κ2) is 5.91. The van der Waals surface area contributed by atoms with Crippen LogP contribution in [-0.2, 0) is 13.1 Å². The Morgan fingerprint density at radius 3 is 2.74 bits per heavy atom. The van der Waals surface area contributed by atoms with Crippen molar-refractivity contribution in [2.24, 2.45) is 5.92 Å². The molecule has 3 heteroatoms. The topological polar surface area (TPSA) is 29.9 Å². The van der Waals surface area contributed by atoms with E-state index in [1.54, 1.807) is 0 Å². The molecule has 102 valence electrons. The van der Waals surface area contributed by atoms with Crippen LogP contribution in [0.15, 0.2) is 30.5 Å². The lowest BCUT2D eigenvalue weighted by Crippen LogP contribution is -2.10. The van der Waals surface area contributed by atoms with Crippen LogP contribution < -0.4 is 5.32 Å². The molecule has 1 aromatic carbocycles. The molecule has 0 radical (unpaired) electrons. The van der Waals surface area contributed by atoms with E-state index in [0.717, 1.165) is 24.7 Å². The summed E-state index contributed by atoms with van der Waals surface area (Å²) in [4.78, 5) is 4.55. The zero-order chi connectivity index (χ0) is 13.8. The largest absolute Gasteiger partial charge is 0.352 e. The number of nitrogens with zero attached hydrogens (tertiary/aromatic N) is 2. The van der Waals surface area contributed by atoms with Gasteiger partial charge in [-0.3, -0.25) is 0 Å². The molecular formula is C16H23N3. The predicted octanol–water partition coefficient (Wildman–Crippen LogP) is 3.77. The Kier molecular flexibility index (Phi) is 4.25. The molecule has 19 heavy (non-hydrogen) atoms. The average molecular weight is 257 g/mol. The van der Waals surface area contributed by atoms with Gasteiger partial charge in [-0.05, 0) is 25.3 Å². The van der Waals surface area contributed by atoms with Crippen molar-refractivity contribution in [1.29, 1.82) is 0 Å². The van der Waals surface area contributed by atoms with Crippen molar-refractivity contribution in [3.05, 3.63) is 47.3 Å². The minimum Gasteiger partial charge on any atom is -0.352 e. The summed E-state index contributed by atoms with van der Waals surface area (Å²) < 4.78 is 2.20. The molecule has 0 amide bonds. The first-order chi connectivity index (χ1) is 9.04. The van der Waals surface area contributed by atoms with Gasteiger partial charge in [-0.1, -0.05) is 43.7 Å². The van der Waals surface area contributed by atoms with Crippen molar-refractivity contribution in [3.63, 3.8) is 0 Å². The number of anilines is 1. The van der Waals surface area contributed by atoms with E-state index in [9.17, 15) is 0 Å². The van der Waals surface area contributed by atoms with Crippen molar-refractivity contribution in [2.45, 2.75) is 40.8 Å². The molecule has 0 aliphatic heterocycles. The van der Waals surface area contributed by atoms with Crippen molar-refractivity contribution < 1.29 is 0 Å². The molecule has 0 bridgehead atoms. The molecule has 0 saturated heterocycles. The third kappa shape index (κ3) is 3.85. The standard InChI is InChI=1S/C16H23N3/c1-12(2)10-19-11-14(4)18-16(19)17-9-15-7-5-6-13(3)8-15/h5-8,11-12H,9-10H2,1-4H3,(H,17,18). The molecule has 0 unspecified atom stereocenters. The Morgan fingerprint density at radius 2 is 2.05 bits per heavy atom. The maximum atomic E-state index is 4.55. The number of rotatable bonds is 5. The summed E-state index contributed by atoms with van der Waals surface area (Å²) >= 11 is 0. The van der Waals surface area contributed by atoms with Crippen LogP contribution >= 0.6 is 0 Å². The van der Waals surface area contributed by atoms with Crippen LogP contribution in [0.4, 0.5) is 5.95 Å². The molecule has 2 aromatic rings. The smallest absolute Gasteiger partial charge is 0.203 e. The molecule has 0 aliphatic rings. The summed E-state index contributed by atoms with van der Waals surface area (Å²) in [5, 5.41) is 3.43. The first-order valence-electron chi connectivity index (χ1n) is 6.88. The molecule has 3 nitrogen and oxygen atoms in total. The predicted molar refractivity (Wildman–Crippen MR) is 80.3 cm³/mol. The monoisotopic (exact) mass is 257 g/mol. The highest BCUT2D eigenvalue weighted by atomic mass is 15.2. The fourth-order valence-corrected chi connectivity index (χ4v) is 2.22. The van der Waals surface area contributed by atoms with Crippen molar-refractivity contribution in [1.82, 2.24) is 9.55 Å². The molecule has 0 aliphatic carbocycles. The zero-order valence-corrected chi connectivity index (χ0v) is 12.3. The second-order valence-electron chi connectivity index (χ2n) is 5.59. The third-order valence-electron chi connectivity index (χ3n) is 2.99. The van der Waals surface area contributed by atoms with Gasteiger partial charge in [-0.2, -0.15) is 0 Å². The van der Waals surface area contributed by atoms with E-state index in [4.69, 9.17) is 0 Å². The van der Waals surface area contributed by atoms with E-state index in [1.165, 1.54) is 11.1 Å². The van der Waals surface area contributed by atoms with Crippen LogP contribution in [0.25, 0.3) is 0 Å². The Morgan fingerprint density at radius 1 is 1.26 bits per heavy atom. The number of hydrogen-bond acceptors (Lipinski definition) is 2. The van der Waals surface area contributed by atoms with Gasteiger partial charge in [0.25, 0.3) is 0 Å². The molecule has 0 fully saturated rings. The summed E-state index contributed by atoms with van der Waals surface area (Å²) in [7, 11) is 0. The minimum atomic E-state index is 0.619. The third-order valence-corrected chi connectivity index (χ3v) is 2.99. The number of imidazole rings is 1. The molecule has 1 aromatic heterocycles. The summed E-state index contributed by atoms with van der Waals surface area (Å²) in [5.74, 6) is 1.58. The Hall–Kier alpha value is -1.77. The van der Waals surface area contributed by atoms with Gasteiger partial charge in [-0.15, -0.1) is 0 Å². The lowest BCUT2D eigenvalue weighted by molar-refractivity contribution is 0.526. The van der Waals surface area contributed by atoms with E-state index in [2.05, 4.69) is 66.1 Å². The number of aryl methyl sites for hydroxylation is 2. The SMILES string of the molecule is Cc1cccc(CNc2nc(C)cn2CC(C)C)c1. The highest BCUT2D eigenvalue weighted by molar-refractivity contribution is 5.32. The van der Waals surface area contributed by atoms with E-state index < -0.39 is 0 Å². The van der Waals surface area contributed by atoms with Crippen LogP contribution in [0.2, 0.25) is 0 Å². The molecular weight excluding hydrogens is 234 g/mol. The maximum Gasteiger partial charge on any atom is 0.203 e. The molecule has 1 N–H and O–H groups in total. The molecule has 1 heterocycles. The highest BCUT2D eigenvalue weighted by Gasteiger charge is 2.06. The Balaban J connectivity index is 2.06. The maximum absolute atomic E-state index is 4.55. The number of aromatic nitrogens is 2. The van der Waals surface area contributed by atoms with E-state index in [1.807, 2.05) is 6.92 Å². The van der Waals surface area contributed by atoms with Gasteiger partial charge >= 0.3 is 0 Å². The quantitative estimate of drug-likeness (QED) is 0.883. The lowest BCUT2D eigenvalue weighted by Gasteiger charge is -2.12. The van der Waals surface area contributed by atoms with Gasteiger partial charge in [0.15, 0.2) is 0 Å². The fraction of sp³-hybridized carbons (Fsp3) is 0.438. The van der Waals surface area contributed by atoms with E-state index in [0.29, 0.717) is 5.92 Å². The van der Waals surface area contributed by atoms with E-state index in [-0.39, 0.29) is 0 Å². The number of benzene rings is 1. The van der Waals surface area contributed by atoms with Gasteiger partial charge in [0.05, 0.1) is 5.69 Å². The number of nitrogens with one attached hydrogen (secondary N) is 1. The summed E-state index contributed by atoms with van der Waals surface area (Å²) in [6, 6.07) is 8.56. The first kappa shape index (κ1) is 13.7. The summed E-state index contributed by atoms with van der Waals surface area (Å²) in [6.07, 6.45) is 2.11. The van der Waals surface area contributed by atoms with Crippen LogP contribution in [0.1, 0.15) is 30.7 Å². The lowest BCUT2D eigenvalue weighted by atomic mass is 10.1. The summed E-state index contributed by atoms with van der Waals surface area (Å²) in [6.45, 7) is 10.4. The van der Waals surface area contributed by atoms with Crippen LogP contribution in [-0.4, -0.2) is 9.55 Å². The summed E-state index contributed by atoms with van der Waals surface area (Å²) in [5.41, 5.74) is 3.64. The molecule has 2 rings (SSSR count). The van der Waals surface area contributed by atoms with Crippen LogP contribution in [0.3, 0.4) is 0 Å². The van der Waals surface area contributed by atoms with Gasteiger partial charge < -0.3 is 9.88 Å². The Bertz CT molecular complexity index is 541. The van der Waals surface area contributed by atoms with Gasteiger partial charge in [-0.25, -0.2) is 4.98 Å². The average Bonchev–Trinajstić information content (AvgIpc) is 2.66. The first-order valence-corrected chi connectivity index (χ1v) is 6.88. The molecule has 0 spiro atoms. The van der Waals surface area contributed by atoms with Crippen LogP contribution in [0.5, 0.6) is 0 Å². The van der Waals surface area contributed by atoms with Crippen LogP contribution in [0, 0.1) is 19.8 Å². The molecule has 0 saturated carbocycles. The van der Waals surface area contributed by atoms with Gasteiger partial charge in [0.2, 0.25) is 5.95 Å². The van der Waals surface area contributed by atoms with Crippen molar-refractivity contribution in [3.8, 4) is 0 Å². The fourth-order valence-electron chi connectivity index (χ4n) is 2.22. The van der Waals surface area contributed by atoms with Gasteiger partial charge in [0, 0.05) is 19.3 Å². The Labute approximate surface area is 115 Å². The second-order valence-corrected chi connectivity index (χ2v) is 5.59. The van der Waals surface area contributed by atoms with Gasteiger partial charge in [0.1, 0.15) is 0 Å². The number of hydrogen-bond donors (Lipinski definition) is 1. The minimum absolute atomic E-state index is 0.619. The zero-order valence-electron chi connectivity index (χ0n) is 12.3. The van der Waals surface area contributed by atoms with Crippen molar-refractivity contribution in [2.75, 3.05) is 5.32 Å². The van der Waals surface area contributed by atoms with E-state index >= 15 is 0 Å².